The van der Waals surface area contributed by atoms with E-state index in [1.165, 1.54) is 32.1 Å². The van der Waals surface area contributed by atoms with Crippen molar-refractivity contribution in [2.75, 3.05) is 7.05 Å². The average molecular weight is 240 g/mol. The van der Waals surface area contributed by atoms with E-state index < -0.39 is 0 Å². The van der Waals surface area contributed by atoms with Crippen molar-refractivity contribution in [3.05, 3.63) is 0 Å². The van der Waals surface area contributed by atoms with Crippen molar-refractivity contribution in [2.45, 2.75) is 77.9 Å². The van der Waals surface area contributed by atoms with Gasteiger partial charge in [0.15, 0.2) is 0 Å². The minimum atomic E-state index is 0.386. The molecule has 0 aromatic rings. The molecule has 0 heterocycles. The van der Waals surface area contributed by atoms with E-state index >= 15 is 0 Å². The summed E-state index contributed by atoms with van der Waals surface area (Å²) in [7, 11) is 2.27. The molecule has 0 aromatic carbocycles. The predicted octanol–water partition coefficient (Wildman–Crippen LogP) is 3.26. The molecule has 1 fully saturated rings. The van der Waals surface area contributed by atoms with Gasteiger partial charge in [-0.25, -0.2) is 0 Å². The topological polar surface area (TPSA) is 29.3 Å². The van der Waals surface area contributed by atoms with Gasteiger partial charge in [0.25, 0.3) is 0 Å². The number of hydrogen-bond acceptors (Lipinski definition) is 2. The second-order valence-corrected chi connectivity index (χ2v) is 6.46. The van der Waals surface area contributed by atoms with Crippen molar-refractivity contribution in [3.8, 4) is 0 Å². The lowest BCUT2D eigenvalue weighted by molar-refractivity contribution is 0.0933. The first-order valence-electron chi connectivity index (χ1n) is 7.43. The minimum Gasteiger partial charge on any atom is -0.326 e. The first-order chi connectivity index (χ1) is 7.95. The van der Waals surface area contributed by atoms with E-state index in [-0.39, 0.29) is 0 Å². The number of likely N-dealkylation sites (N-methyl/N-ethyl adjacent to an activating group) is 1. The van der Waals surface area contributed by atoms with E-state index in [1.807, 2.05) is 0 Å². The van der Waals surface area contributed by atoms with Crippen molar-refractivity contribution < 1.29 is 0 Å². The Balaban J connectivity index is 2.55. The van der Waals surface area contributed by atoms with Crippen molar-refractivity contribution >= 4 is 0 Å². The Hall–Kier alpha value is -0.0800. The zero-order valence-electron chi connectivity index (χ0n) is 12.4. The average Bonchev–Trinajstić information content (AvgIpc) is 2.28. The Morgan fingerprint density at radius 3 is 2.41 bits per heavy atom. The van der Waals surface area contributed by atoms with Gasteiger partial charge in [-0.2, -0.15) is 0 Å². The highest BCUT2D eigenvalue weighted by molar-refractivity contribution is 4.89. The standard InChI is InChI=1S/C15H32N2/c1-6-13-7-8-14(16)15(10-13)17(5)12(4)9-11(2)3/h11-15H,6-10,16H2,1-5H3. The summed E-state index contributed by atoms with van der Waals surface area (Å²) in [6.07, 6.45) is 6.44. The van der Waals surface area contributed by atoms with Crippen LogP contribution >= 0.6 is 0 Å². The molecule has 4 atom stereocenters. The number of nitrogens with zero attached hydrogens (tertiary/aromatic N) is 1. The SMILES string of the molecule is CCC1CCC(N)C(N(C)C(C)CC(C)C)C1. The summed E-state index contributed by atoms with van der Waals surface area (Å²) in [4.78, 5) is 2.55. The van der Waals surface area contributed by atoms with Crippen LogP contribution in [0.5, 0.6) is 0 Å². The summed E-state index contributed by atoms with van der Waals surface area (Å²) < 4.78 is 0. The summed E-state index contributed by atoms with van der Waals surface area (Å²) in [5, 5.41) is 0. The van der Waals surface area contributed by atoms with Crippen molar-refractivity contribution in [1.82, 2.24) is 4.90 Å². The van der Waals surface area contributed by atoms with Gasteiger partial charge in [-0.15, -0.1) is 0 Å². The van der Waals surface area contributed by atoms with Gasteiger partial charge in [-0.05, 0) is 51.5 Å². The molecule has 1 aliphatic carbocycles. The molecule has 0 aromatic heterocycles. The van der Waals surface area contributed by atoms with E-state index in [9.17, 15) is 0 Å². The van der Waals surface area contributed by atoms with Crippen LogP contribution in [0.4, 0.5) is 0 Å². The van der Waals surface area contributed by atoms with Crippen LogP contribution in [0.25, 0.3) is 0 Å². The van der Waals surface area contributed by atoms with Gasteiger partial charge < -0.3 is 5.73 Å². The molecule has 4 unspecified atom stereocenters. The molecule has 0 aliphatic heterocycles. The first-order valence-corrected chi connectivity index (χ1v) is 7.43. The van der Waals surface area contributed by atoms with Gasteiger partial charge >= 0.3 is 0 Å². The molecular formula is C15H32N2. The number of nitrogens with two attached hydrogens (primary N) is 1. The fourth-order valence-electron chi connectivity index (χ4n) is 3.27. The molecule has 1 aliphatic rings. The second-order valence-electron chi connectivity index (χ2n) is 6.46. The third kappa shape index (κ3) is 4.26. The highest BCUT2D eigenvalue weighted by atomic mass is 15.2. The van der Waals surface area contributed by atoms with Crippen LogP contribution in [0, 0.1) is 11.8 Å². The molecule has 0 saturated heterocycles. The minimum absolute atomic E-state index is 0.386. The quantitative estimate of drug-likeness (QED) is 0.799. The van der Waals surface area contributed by atoms with Gasteiger partial charge in [0.1, 0.15) is 0 Å². The van der Waals surface area contributed by atoms with Crippen LogP contribution in [0.2, 0.25) is 0 Å². The van der Waals surface area contributed by atoms with E-state index in [2.05, 4.69) is 39.6 Å². The molecule has 0 radical (unpaired) electrons. The van der Waals surface area contributed by atoms with E-state index in [4.69, 9.17) is 5.73 Å². The Morgan fingerprint density at radius 2 is 1.88 bits per heavy atom. The lowest BCUT2D eigenvalue weighted by atomic mass is 9.80. The number of rotatable bonds is 5. The molecule has 0 amide bonds. The van der Waals surface area contributed by atoms with Crippen LogP contribution < -0.4 is 5.73 Å². The fraction of sp³-hybridized carbons (Fsp3) is 1.00. The Kier molecular flexibility index (Phi) is 5.94. The zero-order valence-corrected chi connectivity index (χ0v) is 12.4. The maximum absolute atomic E-state index is 6.32. The highest BCUT2D eigenvalue weighted by Crippen LogP contribution is 2.30. The normalized spacial score (nSPS) is 32.1. The Morgan fingerprint density at radius 1 is 1.24 bits per heavy atom. The first kappa shape index (κ1) is 15.0. The molecule has 2 nitrogen and oxygen atoms in total. The van der Waals surface area contributed by atoms with Gasteiger partial charge in [-0.1, -0.05) is 27.2 Å². The third-order valence-electron chi connectivity index (χ3n) is 4.59. The molecule has 17 heavy (non-hydrogen) atoms. The fourth-order valence-corrected chi connectivity index (χ4v) is 3.27. The van der Waals surface area contributed by atoms with Gasteiger partial charge in [0.2, 0.25) is 0 Å². The largest absolute Gasteiger partial charge is 0.326 e. The van der Waals surface area contributed by atoms with E-state index in [1.54, 1.807) is 0 Å². The highest BCUT2D eigenvalue weighted by Gasteiger charge is 2.31. The summed E-state index contributed by atoms with van der Waals surface area (Å²) in [6, 6.07) is 1.64. The van der Waals surface area contributed by atoms with E-state index in [0.717, 1.165) is 11.8 Å². The molecule has 102 valence electrons. The Labute approximate surface area is 108 Å². The predicted molar refractivity (Wildman–Crippen MR) is 76.1 cm³/mol. The maximum Gasteiger partial charge on any atom is 0.0249 e. The monoisotopic (exact) mass is 240 g/mol. The second kappa shape index (κ2) is 6.75. The van der Waals surface area contributed by atoms with Crippen molar-refractivity contribution in [2.24, 2.45) is 17.6 Å². The lowest BCUT2D eigenvalue weighted by Gasteiger charge is -2.42. The molecule has 0 spiro atoms. The zero-order chi connectivity index (χ0) is 13.0. The van der Waals surface area contributed by atoms with Crippen LogP contribution in [0.15, 0.2) is 0 Å². The molecule has 1 saturated carbocycles. The van der Waals surface area contributed by atoms with Crippen LogP contribution in [-0.2, 0) is 0 Å². The van der Waals surface area contributed by atoms with Gasteiger partial charge in [0.05, 0.1) is 0 Å². The summed E-state index contributed by atoms with van der Waals surface area (Å²) in [5.41, 5.74) is 6.32. The van der Waals surface area contributed by atoms with Crippen molar-refractivity contribution in [3.63, 3.8) is 0 Å². The van der Waals surface area contributed by atoms with E-state index in [0.29, 0.717) is 18.1 Å². The van der Waals surface area contributed by atoms with Gasteiger partial charge in [0, 0.05) is 18.1 Å². The van der Waals surface area contributed by atoms with Gasteiger partial charge in [-0.3, -0.25) is 4.90 Å². The molecule has 2 heteroatoms. The molecule has 2 N–H and O–H groups in total. The third-order valence-corrected chi connectivity index (χ3v) is 4.59. The molecule has 0 bridgehead atoms. The lowest BCUT2D eigenvalue weighted by Crippen LogP contribution is -2.52. The van der Waals surface area contributed by atoms with Crippen LogP contribution in [0.1, 0.15) is 59.8 Å². The summed E-state index contributed by atoms with van der Waals surface area (Å²) in [6.45, 7) is 9.28. The van der Waals surface area contributed by atoms with Crippen LogP contribution in [-0.4, -0.2) is 30.1 Å². The molecular weight excluding hydrogens is 208 g/mol. The summed E-state index contributed by atoms with van der Waals surface area (Å²) in [5.74, 6) is 1.67. The number of hydrogen-bond donors (Lipinski definition) is 1. The Bertz CT molecular complexity index is 215. The summed E-state index contributed by atoms with van der Waals surface area (Å²) >= 11 is 0. The van der Waals surface area contributed by atoms with Crippen molar-refractivity contribution in [1.29, 1.82) is 0 Å². The maximum atomic E-state index is 6.32. The molecule has 1 rings (SSSR count). The smallest absolute Gasteiger partial charge is 0.0249 e. The van der Waals surface area contributed by atoms with Crippen LogP contribution in [0.3, 0.4) is 0 Å².